The second kappa shape index (κ2) is 8.16. The van der Waals surface area contributed by atoms with Gasteiger partial charge in [0.25, 0.3) is 0 Å². The molecule has 2 aliphatic rings. The summed E-state index contributed by atoms with van der Waals surface area (Å²) in [6.45, 7) is 6.78. The fourth-order valence-electron chi connectivity index (χ4n) is 3.47. The third-order valence-corrected chi connectivity index (χ3v) is 4.81. The maximum Gasteiger partial charge on any atom is 0.490 e. The van der Waals surface area contributed by atoms with Gasteiger partial charge in [-0.2, -0.15) is 13.2 Å². The number of benzene rings is 1. The number of alkyl halides is 3. The zero-order valence-corrected chi connectivity index (χ0v) is 15.3. The van der Waals surface area contributed by atoms with Gasteiger partial charge in [0.2, 0.25) is 5.91 Å². The average Bonchev–Trinajstić information content (AvgIpc) is 3.01. The van der Waals surface area contributed by atoms with Crippen molar-refractivity contribution in [1.82, 2.24) is 9.80 Å². The van der Waals surface area contributed by atoms with Crippen LogP contribution in [0.2, 0.25) is 0 Å². The molecule has 1 spiro atoms. The fourth-order valence-corrected chi connectivity index (χ4v) is 3.47. The number of rotatable bonds is 3. The molecular formula is C18H23F3N2O4. The third kappa shape index (κ3) is 5.59. The topological polar surface area (TPSA) is 70.1 Å². The maximum atomic E-state index is 11.4. The fraction of sp³-hybridized carbons (Fsp3) is 0.556. The Morgan fingerprint density at radius 2 is 1.74 bits per heavy atom. The van der Waals surface area contributed by atoms with Crippen LogP contribution >= 0.6 is 0 Å². The molecule has 3 rings (SSSR count). The molecule has 9 heteroatoms. The summed E-state index contributed by atoms with van der Waals surface area (Å²) in [7, 11) is 1.69. The van der Waals surface area contributed by atoms with Crippen LogP contribution in [-0.2, 0) is 16.1 Å². The number of hydrogen-bond acceptors (Lipinski definition) is 4. The number of aliphatic carboxylic acids is 1. The molecule has 2 fully saturated rings. The van der Waals surface area contributed by atoms with Crippen LogP contribution in [0.25, 0.3) is 0 Å². The Bertz CT molecular complexity index is 670. The number of amides is 1. The standard InChI is InChI=1S/C16H22N2O2.C2HF3O2/c1-13(19)18-8-7-16(12-18)10-17(11-16)9-14-3-5-15(20-2)6-4-14;3-2(4,5)1(6)7/h3-6H,7-12H2,1-2H3;(H,6,7). The molecule has 27 heavy (non-hydrogen) atoms. The molecule has 0 unspecified atom stereocenters. The zero-order chi connectivity index (χ0) is 20.2. The summed E-state index contributed by atoms with van der Waals surface area (Å²) < 4.78 is 36.9. The van der Waals surface area contributed by atoms with Gasteiger partial charge in [-0.1, -0.05) is 12.1 Å². The molecule has 2 heterocycles. The highest BCUT2D eigenvalue weighted by molar-refractivity contribution is 5.73. The van der Waals surface area contributed by atoms with Crippen LogP contribution in [0, 0.1) is 5.41 Å². The van der Waals surface area contributed by atoms with Gasteiger partial charge in [-0.25, -0.2) is 4.79 Å². The minimum atomic E-state index is -5.08. The lowest BCUT2D eigenvalue weighted by molar-refractivity contribution is -0.192. The quantitative estimate of drug-likeness (QED) is 0.861. The SMILES string of the molecule is COc1ccc(CN2CC3(CCN(C(C)=O)C3)C2)cc1.O=C(O)C(F)(F)F. The van der Waals surface area contributed by atoms with Gasteiger partial charge in [0, 0.05) is 45.1 Å². The van der Waals surface area contributed by atoms with Crippen molar-refractivity contribution in [2.45, 2.75) is 26.1 Å². The van der Waals surface area contributed by atoms with Crippen LogP contribution in [-0.4, -0.2) is 66.2 Å². The Morgan fingerprint density at radius 3 is 2.15 bits per heavy atom. The van der Waals surface area contributed by atoms with E-state index in [1.165, 1.54) is 5.56 Å². The van der Waals surface area contributed by atoms with E-state index in [1.54, 1.807) is 14.0 Å². The first-order chi connectivity index (χ1) is 12.5. The van der Waals surface area contributed by atoms with Crippen molar-refractivity contribution >= 4 is 11.9 Å². The normalized spacial score (nSPS) is 18.5. The molecule has 150 valence electrons. The van der Waals surface area contributed by atoms with Crippen molar-refractivity contribution in [3.8, 4) is 5.75 Å². The average molecular weight is 388 g/mol. The van der Waals surface area contributed by atoms with E-state index in [0.717, 1.165) is 44.9 Å². The van der Waals surface area contributed by atoms with Crippen LogP contribution in [0.4, 0.5) is 13.2 Å². The van der Waals surface area contributed by atoms with Crippen molar-refractivity contribution in [1.29, 1.82) is 0 Å². The van der Waals surface area contributed by atoms with E-state index in [0.29, 0.717) is 5.41 Å². The summed E-state index contributed by atoms with van der Waals surface area (Å²) in [5.74, 6) is -1.63. The van der Waals surface area contributed by atoms with Crippen LogP contribution in [0.3, 0.4) is 0 Å². The number of carbonyl (C=O) groups excluding carboxylic acids is 1. The summed E-state index contributed by atoms with van der Waals surface area (Å²) in [5, 5.41) is 7.12. The molecule has 0 radical (unpaired) electrons. The Labute approximate surface area is 155 Å². The Balaban J connectivity index is 0.000000321. The van der Waals surface area contributed by atoms with E-state index >= 15 is 0 Å². The maximum absolute atomic E-state index is 11.4. The number of hydrogen-bond donors (Lipinski definition) is 1. The highest BCUT2D eigenvalue weighted by atomic mass is 19.4. The Morgan fingerprint density at radius 1 is 1.19 bits per heavy atom. The van der Waals surface area contributed by atoms with Crippen molar-refractivity contribution < 1.29 is 32.6 Å². The van der Waals surface area contributed by atoms with Crippen LogP contribution < -0.4 is 4.74 Å². The molecule has 1 aromatic rings. The van der Waals surface area contributed by atoms with Crippen molar-refractivity contribution in [3.63, 3.8) is 0 Å². The number of ether oxygens (including phenoxy) is 1. The lowest BCUT2D eigenvalue weighted by atomic mass is 9.79. The number of methoxy groups -OCH3 is 1. The van der Waals surface area contributed by atoms with Gasteiger partial charge >= 0.3 is 12.1 Å². The predicted octanol–water partition coefficient (Wildman–Crippen LogP) is 2.38. The second-order valence-corrected chi connectivity index (χ2v) is 6.99. The van der Waals surface area contributed by atoms with Gasteiger partial charge < -0.3 is 14.7 Å². The number of halogens is 3. The molecule has 6 nitrogen and oxygen atoms in total. The van der Waals surface area contributed by atoms with E-state index in [9.17, 15) is 18.0 Å². The number of likely N-dealkylation sites (tertiary alicyclic amines) is 2. The molecule has 2 aliphatic heterocycles. The molecule has 0 aromatic heterocycles. The smallest absolute Gasteiger partial charge is 0.490 e. The summed E-state index contributed by atoms with van der Waals surface area (Å²) >= 11 is 0. The first-order valence-electron chi connectivity index (χ1n) is 8.46. The molecule has 0 bridgehead atoms. The first-order valence-corrected chi connectivity index (χ1v) is 8.46. The van der Waals surface area contributed by atoms with Gasteiger partial charge in [-0.05, 0) is 24.1 Å². The largest absolute Gasteiger partial charge is 0.497 e. The minimum Gasteiger partial charge on any atom is -0.497 e. The van der Waals surface area contributed by atoms with Crippen LogP contribution in [0.5, 0.6) is 5.75 Å². The van der Waals surface area contributed by atoms with Gasteiger partial charge in [0.05, 0.1) is 7.11 Å². The van der Waals surface area contributed by atoms with Crippen LogP contribution in [0.1, 0.15) is 18.9 Å². The number of carboxylic acid groups (broad SMARTS) is 1. The molecule has 1 N–H and O–H groups in total. The van der Waals surface area contributed by atoms with E-state index in [2.05, 4.69) is 17.0 Å². The Kier molecular flexibility index (Phi) is 6.35. The number of nitrogens with zero attached hydrogens (tertiary/aromatic N) is 2. The van der Waals surface area contributed by atoms with Crippen molar-refractivity contribution in [2.75, 3.05) is 33.3 Å². The van der Waals surface area contributed by atoms with E-state index in [4.69, 9.17) is 14.6 Å². The summed E-state index contributed by atoms with van der Waals surface area (Å²) in [5.41, 5.74) is 1.69. The molecule has 0 atom stereocenters. The lowest BCUT2D eigenvalue weighted by Crippen LogP contribution is -2.57. The molecule has 1 amide bonds. The monoisotopic (exact) mass is 388 g/mol. The summed E-state index contributed by atoms with van der Waals surface area (Å²) in [4.78, 5) is 24.8. The van der Waals surface area contributed by atoms with Crippen molar-refractivity contribution in [2.24, 2.45) is 5.41 Å². The molecule has 2 saturated heterocycles. The highest BCUT2D eigenvalue weighted by Gasteiger charge is 2.47. The van der Waals surface area contributed by atoms with Crippen molar-refractivity contribution in [3.05, 3.63) is 29.8 Å². The molecular weight excluding hydrogens is 365 g/mol. The molecule has 0 aliphatic carbocycles. The van der Waals surface area contributed by atoms with Gasteiger partial charge in [0.1, 0.15) is 5.75 Å². The van der Waals surface area contributed by atoms with Crippen LogP contribution in [0.15, 0.2) is 24.3 Å². The highest BCUT2D eigenvalue weighted by Crippen LogP contribution is 2.40. The first kappa shape index (κ1) is 21.0. The van der Waals surface area contributed by atoms with E-state index in [1.807, 2.05) is 17.0 Å². The lowest BCUT2D eigenvalue weighted by Gasteiger charge is -2.48. The summed E-state index contributed by atoms with van der Waals surface area (Å²) in [6, 6.07) is 8.27. The molecule has 0 saturated carbocycles. The molecule has 1 aromatic carbocycles. The van der Waals surface area contributed by atoms with E-state index in [-0.39, 0.29) is 5.91 Å². The second-order valence-electron chi connectivity index (χ2n) is 6.99. The van der Waals surface area contributed by atoms with Gasteiger partial charge in [-0.3, -0.25) is 9.69 Å². The number of carboxylic acids is 1. The summed E-state index contributed by atoms with van der Waals surface area (Å²) in [6.07, 6.45) is -3.92. The Hall–Kier alpha value is -2.29. The van der Waals surface area contributed by atoms with Gasteiger partial charge in [-0.15, -0.1) is 0 Å². The zero-order valence-electron chi connectivity index (χ0n) is 15.3. The van der Waals surface area contributed by atoms with E-state index < -0.39 is 12.1 Å². The predicted molar refractivity (Wildman–Crippen MR) is 91.3 cm³/mol. The third-order valence-electron chi connectivity index (χ3n) is 4.81. The number of carbonyl (C=O) groups is 2. The van der Waals surface area contributed by atoms with Gasteiger partial charge in [0.15, 0.2) is 0 Å². The minimum absolute atomic E-state index is 0.218.